The largest absolute Gasteiger partial charge is 0.465 e. The fourth-order valence-electron chi connectivity index (χ4n) is 2.31. The molecule has 6 heteroatoms. The van der Waals surface area contributed by atoms with Crippen molar-refractivity contribution in [1.82, 2.24) is 0 Å². The topological polar surface area (TPSA) is 84.3 Å². The van der Waals surface area contributed by atoms with E-state index in [4.69, 9.17) is 15.0 Å². The predicted molar refractivity (Wildman–Crippen MR) is 62.3 cm³/mol. The molecule has 17 heavy (non-hydrogen) atoms. The van der Waals surface area contributed by atoms with Crippen LogP contribution in [0.3, 0.4) is 0 Å². The van der Waals surface area contributed by atoms with Crippen LogP contribution in [0.25, 0.3) is 10.4 Å². The van der Waals surface area contributed by atoms with Crippen LogP contribution in [0.4, 0.5) is 0 Å². The summed E-state index contributed by atoms with van der Waals surface area (Å²) in [5.74, 6) is -0.193. The second-order valence-electron chi connectivity index (χ2n) is 4.37. The van der Waals surface area contributed by atoms with Gasteiger partial charge in [-0.3, -0.25) is 4.79 Å². The van der Waals surface area contributed by atoms with E-state index in [0.717, 1.165) is 0 Å². The highest BCUT2D eigenvalue weighted by molar-refractivity contribution is 5.77. The van der Waals surface area contributed by atoms with Gasteiger partial charge in [0.15, 0.2) is 0 Å². The summed E-state index contributed by atoms with van der Waals surface area (Å²) in [6.07, 6.45) is 2.74. The van der Waals surface area contributed by atoms with Crippen LogP contribution in [0.15, 0.2) is 5.11 Å². The van der Waals surface area contributed by atoms with Crippen LogP contribution in [0, 0.1) is 5.41 Å². The highest BCUT2D eigenvalue weighted by atomic mass is 16.5. The number of rotatable bonds is 5. The van der Waals surface area contributed by atoms with E-state index >= 15 is 0 Å². The Balaban J connectivity index is 2.68. The first kappa shape index (κ1) is 13.8. The Morgan fingerprint density at radius 1 is 1.53 bits per heavy atom. The van der Waals surface area contributed by atoms with Gasteiger partial charge in [0.05, 0.1) is 18.6 Å². The molecule has 1 fully saturated rings. The molecule has 0 bridgehead atoms. The Morgan fingerprint density at radius 2 is 2.18 bits per heavy atom. The van der Waals surface area contributed by atoms with Crippen LogP contribution in [0.1, 0.15) is 32.6 Å². The summed E-state index contributed by atoms with van der Waals surface area (Å²) in [5, 5.41) is 3.70. The molecule has 0 heterocycles. The Bertz CT molecular complexity index is 305. The van der Waals surface area contributed by atoms with E-state index in [0.29, 0.717) is 38.9 Å². The molecule has 0 unspecified atom stereocenters. The fourth-order valence-corrected chi connectivity index (χ4v) is 2.31. The van der Waals surface area contributed by atoms with Gasteiger partial charge >= 0.3 is 5.97 Å². The number of methoxy groups -OCH3 is 1. The molecule has 0 amide bonds. The summed E-state index contributed by atoms with van der Waals surface area (Å²) >= 11 is 0. The monoisotopic (exact) mass is 241 g/mol. The number of azide groups is 1. The summed E-state index contributed by atoms with van der Waals surface area (Å²) < 4.78 is 10.3. The lowest BCUT2D eigenvalue weighted by Crippen LogP contribution is -2.41. The van der Waals surface area contributed by atoms with Crippen LogP contribution in [-0.2, 0) is 14.3 Å². The van der Waals surface area contributed by atoms with Gasteiger partial charge in [0.2, 0.25) is 0 Å². The molecule has 0 aliphatic heterocycles. The number of nitrogens with zero attached hydrogens (tertiary/aromatic N) is 3. The second-order valence-corrected chi connectivity index (χ2v) is 4.37. The van der Waals surface area contributed by atoms with Gasteiger partial charge in [0.1, 0.15) is 0 Å². The number of esters is 1. The van der Waals surface area contributed by atoms with Crippen molar-refractivity contribution in [1.29, 1.82) is 0 Å². The van der Waals surface area contributed by atoms with E-state index in [-0.39, 0.29) is 12.0 Å². The van der Waals surface area contributed by atoms with Crippen LogP contribution in [0.5, 0.6) is 0 Å². The number of hydrogen-bond acceptors (Lipinski definition) is 4. The molecular formula is C11H19N3O3. The van der Waals surface area contributed by atoms with Crippen molar-refractivity contribution < 1.29 is 14.3 Å². The van der Waals surface area contributed by atoms with E-state index in [1.807, 2.05) is 0 Å². The Hall–Kier alpha value is -1.26. The standard InChI is InChI=1S/C11H19N3O3/c1-3-17-10(15)11(8-16-2)6-4-9(5-7-11)13-14-12/h9H,3-8H2,1-2H3. The number of hydrogen-bond donors (Lipinski definition) is 0. The summed E-state index contributed by atoms with van der Waals surface area (Å²) in [5.41, 5.74) is 7.84. The molecule has 1 aliphatic rings. The van der Waals surface area contributed by atoms with Crippen LogP contribution < -0.4 is 0 Å². The number of carbonyl (C=O) groups is 1. The normalized spacial score (nSPS) is 28.2. The van der Waals surface area contributed by atoms with Gasteiger partial charge in [0.25, 0.3) is 0 Å². The van der Waals surface area contributed by atoms with E-state index in [1.54, 1.807) is 14.0 Å². The van der Waals surface area contributed by atoms with Gasteiger partial charge in [0, 0.05) is 18.1 Å². The van der Waals surface area contributed by atoms with Gasteiger partial charge in [-0.15, -0.1) is 0 Å². The maximum atomic E-state index is 12.0. The summed E-state index contributed by atoms with van der Waals surface area (Å²) in [4.78, 5) is 14.8. The van der Waals surface area contributed by atoms with Gasteiger partial charge in [-0.2, -0.15) is 0 Å². The second kappa shape index (κ2) is 6.47. The lowest BCUT2D eigenvalue weighted by atomic mass is 9.73. The van der Waals surface area contributed by atoms with Gasteiger partial charge < -0.3 is 9.47 Å². The van der Waals surface area contributed by atoms with Crippen molar-refractivity contribution in [3.63, 3.8) is 0 Å². The maximum absolute atomic E-state index is 12.0. The molecular weight excluding hydrogens is 222 g/mol. The van der Waals surface area contributed by atoms with Gasteiger partial charge in [-0.05, 0) is 38.1 Å². The van der Waals surface area contributed by atoms with Crippen molar-refractivity contribution in [3.05, 3.63) is 10.4 Å². The molecule has 6 nitrogen and oxygen atoms in total. The minimum absolute atomic E-state index is 0.000548. The zero-order valence-corrected chi connectivity index (χ0v) is 10.4. The van der Waals surface area contributed by atoms with Gasteiger partial charge in [-0.25, -0.2) is 0 Å². The fraction of sp³-hybridized carbons (Fsp3) is 0.909. The van der Waals surface area contributed by atoms with E-state index < -0.39 is 5.41 Å². The van der Waals surface area contributed by atoms with Crippen molar-refractivity contribution in [2.45, 2.75) is 38.6 Å². The first-order valence-electron chi connectivity index (χ1n) is 5.89. The highest BCUT2D eigenvalue weighted by Crippen LogP contribution is 2.38. The molecule has 1 aliphatic carbocycles. The van der Waals surface area contributed by atoms with Crippen molar-refractivity contribution >= 4 is 5.97 Å². The van der Waals surface area contributed by atoms with Crippen molar-refractivity contribution in [2.75, 3.05) is 20.3 Å². The molecule has 0 aromatic carbocycles. The Kier molecular flexibility index (Phi) is 5.25. The van der Waals surface area contributed by atoms with Crippen molar-refractivity contribution in [2.24, 2.45) is 10.5 Å². The third-order valence-corrected chi connectivity index (χ3v) is 3.26. The lowest BCUT2D eigenvalue weighted by molar-refractivity contribution is -0.161. The van der Waals surface area contributed by atoms with Crippen LogP contribution in [-0.4, -0.2) is 32.3 Å². The highest BCUT2D eigenvalue weighted by Gasteiger charge is 2.43. The predicted octanol–water partition coefficient (Wildman–Crippen LogP) is 2.44. The number of ether oxygens (including phenoxy) is 2. The SMILES string of the molecule is CCOC(=O)C1(COC)CCC(N=[N+]=[N-])CC1. The lowest BCUT2D eigenvalue weighted by Gasteiger charge is -2.36. The Morgan fingerprint density at radius 3 is 2.65 bits per heavy atom. The summed E-state index contributed by atoms with van der Waals surface area (Å²) in [6.45, 7) is 2.54. The Labute approximate surface area is 101 Å². The van der Waals surface area contributed by atoms with E-state index in [1.165, 1.54) is 0 Å². The summed E-state index contributed by atoms with van der Waals surface area (Å²) in [6, 6.07) is -0.000548. The zero-order chi connectivity index (χ0) is 12.7. The molecule has 0 atom stereocenters. The van der Waals surface area contributed by atoms with Crippen molar-refractivity contribution in [3.8, 4) is 0 Å². The molecule has 1 rings (SSSR count). The van der Waals surface area contributed by atoms with Gasteiger partial charge in [-0.1, -0.05) is 5.11 Å². The molecule has 0 spiro atoms. The minimum atomic E-state index is -0.549. The number of carbonyl (C=O) groups excluding carboxylic acids is 1. The van der Waals surface area contributed by atoms with Crippen LogP contribution >= 0.6 is 0 Å². The molecule has 0 saturated heterocycles. The summed E-state index contributed by atoms with van der Waals surface area (Å²) in [7, 11) is 1.58. The smallest absolute Gasteiger partial charge is 0.314 e. The zero-order valence-electron chi connectivity index (χ0n) is 10.4. The maximum Gasteiger partial charge on any atom is 0.314 e. The minimum Gasteiger partial charge on any atom is -0.465 e. The van der Waals surface area contributed by atoms with Crippen LogP contribution in [0.2, 0.25) is 0 Å². The average molecular weight is 241 g/mol. The average Bonchev–Trinajstić information content (AvgIpc) is 2.33. The molecule has 0 aromatic rings. The first-order valence-corrected chi connectivity index (χ1v) is 5.89. The quantitative estimate of drug-likeness (QED) is 0.320. The molecule has 96 valence electrons. The third-order valence-electron chi connectivity index (χ3n) is 3.26. The molecule has 0 radical (unpaired) electrons. The van der Waals surface area contributed by atoms with E-state index in [9.17, 15) is 4.79 Å². The third kappa shape index (κ3) is 3.35. The first-order chi connectivity index (χ1) is 8.18. The molecule has 1 saturated carbocycles. The molecule has 0 aromatic heterocycles. The van der Waals surface area contributed by atoms with E-state index in [2.05, 4.69) is 10.0 Å². The molecule has 0 N–H and O–H groups in total.